The first-order chi connectivity index (χ1) is 19.4. The maximum Gasteiger partial charge on any atom is 0.224 e. The van der Waals surface area contributed by atoms with Gasteiger partial charge in [-0.1, -0.05) is 38.3 Å². The summed E-state index contributed by atoms with van der Waals surface area (Å²) in [6.45, 7) is 8.19. The van der Waals surface area contributed by atoms with Gasteiger partial charge in [0.25, 0.3) is 0 Å². The van der Waals surface area contributed by atoms with Gasteiger partial charge in [-0.15, -0.1) is 0 Å². The zero-order chi connectivity index (χ0) is 28.5. The van der Waals surface area contributed by atoms with Crippen LogP contribution in [-0.4, -0.2) is 36.7 Å². The molecule has 212 valence electrons. The molecule has 1 unspecified atom stereocenters. The highest BCUT2D eigenvalue weighted by Crippen LogP contribution is 2.37. The molecule has 0 saturated carbocycles. The molecule has 8 nitrogen and oxygen atoms in total. The van der Waals surface area contributed by atoms with Crippen molar-refractivity contribution in [3.8, 4) is 17.6 Å². The Morgan fingerprint density at radius 1 is 1.23 bits per heavy atom. The number of carbonyl (C=O) groups excluding carboxylic acids is 1. The van der Waals surface area contributed by atoms with Crippen LogP contribution >= 0.6 is 11.6 Å². The zero-order valence-electron chi connectivity index (χ0n) is 23.5. The van der Waals surface area contributed by atoms with Gasteiger partial charge in [0, 0.05) is 35.8 Å². The Balaban J connectivity index is 1.59. The van der Waals surface area contributed by atoms with Gasteiger partial charge in [0.2, 0.25) is 5.91 Å². The topological polar surface area (TPSA) is 108 Å². The van der Waals surface area contributed by atoms with Gasteiger partial charge in [-0.05, 0) is 62.9 Å². The maximum atomic E-state index is 12.7. The molecule has 1 aliphatic rings. The molecule has 9 heteroatoms. The summed E-state index contributed by atoms with van der Waals surface area (Å²) in [7, 11) is 0. The summed E-state index contributed by atoms with van der Waals surface area (Å²) in [5.41, 5.74) is 2.81. The lowest BCUT2D eigenvalue weighted by molar-refractivity contribution is -0.116. The van der Waals surface area contributed by atoms with E-state index in [1.807, 2.05) is 25.1 Å². The third-order valence-corrected chi connectivity index (χ3v) is 7.20. The van der Waals surface area contributed by atoms with Crippen LogP contribution < -0.4 is 25.4 Å². The van der Waals surface area contributed by atoms with Crippen molar-refractivity contribution in [3.63, 3.8) is 0 Å². The molecule has 40 heavy (non-hydrogen) atoms. The fourth-order valence-corrected chi connectivity index (χ4v) is 5.03. The molecule has 1 amide bonds. The molecule has 3 N–H and O–H groups in total. The second-order valence-electron chi connectivity index (χ2n) is 10.5. The number of rotatable bonds is 12. The number of aromatic nitrogens is 1. The van der Waals surface area contributed by atoms with Crippen molar-refractivity contribution in [2.45, 2.75) is 65.3 Å². The van der Waals surface area contributed by atoms with Gasteiger partial charge >= 0.3 is 0 Å². The lowest BCUT2D eigenvalue weighted by atomic mass is 10.1. The van der Waals surface area contributed by atoms with Crippen LogP contribution in [0.2, 0.25) is 5.02 Å². The number of amides is 1. The van der Waals surface area contributed by atoms with Crippen LogP contribution in [0.3, 0.4) is 0 Å². The van der Waals surface area contributed by atoms with Crippen LogP contribution in [0, 0.1) is 17.2 Å². The van der Waals surface area contributed by atoms with Gasteiger partial charge in [-0.2, -0.15) is 5.26 Å². The molecule has 1 fully saturated rings. The van der Waals surface area contributed by atoms with Crippen molar-refractivity contribution in [2.24, 2.45) is 5.92 Å². The Morgan fingerprint density at radius 2 is 2.08 bits per heavy atom. The van der Waals surface area contributed by atoms with E-state index in [0.29, 0.717) is 81.6 Å². The lowest BCUT2D eigenvalue weighted by Crippen LogP contribution is -2.38. The number of ether oxygens (including phenoxy) is 2. The number of nitrogens with one attached hydrogen (secondary N) is 3. The minimum atomic E-state index is -0.0781. The number of pyridine rings is 1. The summed E-state index contributed by atoms with van der Waals surface area (Å²) in [4.78, 5) is 17.2. The molecule has 2 heterocycles. The standard InChI is InChI=1S/C31H38ClN5O3/c1-4-39-29-16-26-24(15-27(29)37-30(38)10-7-8-20(2)3)31(21(17-33)18-35-26)36-22-11-12-28(25(32)14-22)40-19-23-9-5-6-13-34-23/h11-12,14-16,18,20,23,34H,4-10,13,19H2,1-3H3,(H,35,36)(H,37,38). The number of nitrogens with zero attached hydrogens (tertiary/aromatic N) is 2. The van der Waals surface area contributed by atoms with Gasteiger partial charge in [0.05, 0.1) is 34.1 Å². The number of anilines is 3. The van der Waals surface area contributed by atoms with Crippen LogP contribution in [0.5, 0.6) is 11.5 Å². The average molecular weight is 564 g/mol. The second kappa shape index (κ2) is 14.2. The Labute approximate surface area is 241 Å². The first kappa shape index (κ1) is 29.4. The van der Waals surface area contributed by atoms with E-state index in [2.05, 4.69) is 40.9 Å². The normalized spacial score (nSPS) is 15.1. The SMILES string of the molecule is CCOc1cc2ncc(C#N)c(Nc3ccc(OCC4CCCCN4)c(Cl)c3)c2cc1NC(=O)CCCC(C)C. The van der Waals surface area contributed by atoms with Gasteiger partial charge in [-0.3, -0.25) is 9.78 Å². The van der Waals surface area contributed by atoms with Crippen LogP contribution in [0.1, 0.15) is 64.9 Å². The molecule has 3 aromatic rings. The molecule has 2 aromatic carbocycles. The van der Waals surface area contributed by atoms with E-state index in [-0.39, 0.29) is 5.91 Å². The van der Waals surface area contributed by atoms with Crippen LogP contribution in [-0.2, 0) is 4.79 Å². The predicted molar refractivity (Wildman–Crippen MR) is 161 cm³/mol. The van der Waals surface area contributed by atoms with Gasteiger partial charge in [0.1, 0.15) is 24.2 Å². The highest BCUT2D eigenvalue weighted by molar-refractivity contribution is 6.32. The first-order valence-electron chi connectivity index (χ1n) is 14.1. The molecule has 1 atom stereocenters. The van der Waals surface area contributed by atoms with E-state index in [1.165, 1.54) is 19.0 Å². The Kier molecular flexibility index (Phi) is 10.5. The summed E-state index contributed by atoms with van der Waals surface area (Å²) in [6, 6.07) is 11.6. The zero-order valence-corrected chi connectivity index (χ0v) is 24.2. The number of hydrogen-bond donors (Lipinski definition) is 3. The maximum absolute atomic E-state index is 12.7. The fourth-order valence-electron chi connectivity index (χ4n) is 4.79. The molecule has 0 radical (unpaired) electrons. The van der Waals surface area contributed by atoms with Crippen molar-refractivity contribution >= 4 is 45.5 Å². The van der Waals surface area contributed by atoms with Gasteiger partial charge < -0.3 is 25.4 Å². The van der Waals surface area contributed by atoms with Crippen molar-refractivity contribution in [3.05, 3.63) is 47.1 Å². The smallest absolute Gasteiger partial charge is 0.224 e. The number of halogens is 1. The van der Waals surface area contributed by atoms with Crippen LogP contribution in [0.25, 0.3) is 10.9 Å². The summed E-state index contributed by atoms with van der Waals surface area (Å²) in [5.74, 6) is 1.61. The second-order valence-corrected chi connectivity index (χ2v) is 10.9. The van der Waals surface area contributed by atoms with Crippen LogP contribution in [0.4, 0.5) is 17.1 Å². The molecule has 1 saturated heterocycles. The molecule has 1 aliphatic heterocycles. The van der Waals surface area contributed by atoms with Crippen molar-refractivity contribution in [1.29, 1.82) is 5.26 Å². The van der Waals surface area contributed by atoms with Crippen molar-refractivity contribution in [2.75, 3.05) is 30.4 Å². The Bertz CT molecular complexity index is 1370. The molecule has 0 aliphatic carbocycles. The molecule has 1 aromatic heterocycles. The Hall–Kier alpha value is -3.54. The molecular formula is C31H38ClN5O3. The number of nitriles is 1. The van der Waals surface area contributed by atoms with E-state index < -0.39 is 0 Å². The Morgan fingerprint density at radius 3 is 2.77 bits per heavy atom. The molecule has 0 bridgehead atoms. The minimum Gasteiger partial charge on any atom is -0.492 e. The number of fused-ring (bicyclic) bond motifs is 1. The monoisotopic (exact) mass is 563 g/mol. The largest absolute Gasteiger partial charge is 0.492 e. The minimum absolute atomic E-state index is 0.0781. The van der Waals surface area contributed by atoms with E-state index in [4.69, 9.17) is 21.1 Å². The van der Waals surface area contributed by atoms with Gasteiger partial charge in [-0.25, -0.2) is 0 Å². The highest BCUT2D eigenvalue weighted by Gasteiger charge is 2.17. The van der Waals surface area contributed by atoms with E-state index in [0.717, 1.165) is 25.8 Å². The third kappa shape index (κ3) is 7.77. The molecular weight excluding hydrogens is 526 g/mol. The summed E-state index contributed by atoms with van der Waals surface area (Å²) in [5, 5.41) is 20.9. The summed E-state index contributed by atoms with van der Waals surface area (Å²) >= 11 is 6.58. The number of carbonyl (C=O) groups is 1. The van der Waals surface area contributed by atoms with Gasteiger partial charge in [0.15, 0.2) is 0 Å². The third-order valence-electron chi connectivity index (χ3n) is 6.90. The highest BCUT2D eigenvalue weighted by atomic mass is 35.5. The molecule has 4 rings (SSSR count). The number of benzene rings is 2. The lowest BCUT2D eigenvalue weighted by Gasteiger charge is -2.23. The average Bonchev–Trinajstić information content (AvgIpc) is 2.94. The number of piperidine rings is 1. The van der Waals surface area contributed by atoms with Crippen LogP contribution in [0.15, 0.2) is 36.5 Å². The molecule has 0 spiro atoms. The van der Waals surface area contributed by atoms with E-state index >= 15 is 0 Å². The fraction of sp³-hybridized carbons (Fsp3) is 0.452. The summed E-state index contributed by atoms with van der Waals surface area (Å²) in [6.07, 6.45) is 7.24. The van der Waals surface area contributed by atoms with Crippen molar-refractivity contribution < 1.29 is 14.3 Å². The van der Waals surface area contributed by atoms with E-state index in [1.54, 1.807) is 12.1 Å². The summed E-state index contributed by atoms with van der Waals surface area (Å²) < 4.78 is 11.8. The first-order valence-corrected chi connectivity index (χ1v) is 14.5. The predicted octanol–water partition coefficient (Wildman–Crippen LogP) is 7.19. The number of hydrogen-bond acceptors (Lipinski definition) is 7. The van der Waals surface area contributed by atoms with Crippen molar-refractivity contribution in [1.82, 2.24) is 10.3 Å². The van der Waals surface area contributed by atoms with E-state index in [9.17, 15) is 10.1 Å². The quantitative estimate of drug-likeness (QED) is 0.214.